The number of pyridine rings is 1. The van der Waals surface area contributed by atoms with E-state index in [0.717, 1.165) is 16.8 Å². The summed E-state index contributed by atoms with van der Waals surface area (Å²) in [6.45, 7) is 5.03. The number of thioether (sulfide) groups is 1. The van der Waals surface area contributed by atoms with Crippen molar-refractivity contribution in [2.75, 3.05) is 35.2 Å². The van der Waals surface area contributed by atoms with Crippen molar-refractivity contribution in [1.82, 2.24) is 9.88 Å². The summed E-state index contributed by atoms with van der Waals surface area (Å²) in [6, 6.07) is 11.3. The molecular formula is C23H28N4O3S. The van der Waals surface area contributed by atoms with Gasteiger partial charge >= 0.3 is 0 Å². The van der Waals surface area contributed by atoms with Crippen molar-refractivity contribution < 1.29 is 14.4 Å². The van der Waals surface area contributed by atoms with E-state index in [1.807, 2.05) is 44.2 Å². The quantitative estimate of drug-likeness (QED) is 0.690. The predicted octanol–water partition coefficient (Wildman–Crippen LogP) is 3.25. The van der Waals surface area contributed by atoms with Gasteiger partial charge in [0.15, 0.2) is 0 Å². The van der Waals surface area contributed by atoms with E-state index < -0.39 is 0 Å². The Morgan fingerprint density at radius 1 is 0.968 bits per heavy atom. The summed E-state index contributed by atoms with van der Waals surface area (Å²) >= 11 is 1.30. The summed E-state index contributed by atoms with van der Waals surface area (Å²) in [4.78, 5) is 42.9. The number of carbonyl (C=O) groups excluding carboxylic acids is 3. The molecule has 1 aliphatic rings. The van der Waals surface area contributed by atoms with Crippen LogP contribution >= 0.6 is 11.8 Å². The number of benzene rings is 1. The third kappa shape index (κ3) is 7.10. The van der Waals surface area contributed by atoms with Gasteiger partial charge in [-0.1, -0.05) is 23.8 Å². The molecule has 1 fully saturated rings. The van der Waals surface area contributed by atoms with Crippen LogP contribution in [0.2, 0.25) is 0 Å². The molecule has 0 bridgehead atoms. The lowest BCUT2D eigenvalue weighted by Crippen LogP contribution is -2.42. The normalized spacial score (nSPS) is 14.2. The van der Waals surface area contributed by atoms with Gasteiger partial charge in [0.05, 0.1) is 11.5 Å². The molecule has 7 nitrogen and oxygen atoms in total. The molecule has 8 heteroatoms. The van der Waals surface area contributed by atoms with Crippen LogP contribution in [-0.4, -0.2) is 52.2 Å². The van der Waals surface area contributed by atoms with Crippen molar-refractivity contribution in [2.24, 2.45) is 5.92 Å². The maximum atomic E-state index is 12.4. The van der Waals surface area contributed by atoms with Crippen molar-refractivity contribution in [3.05, 3.63) is 53.7 Å². The topological polar surface area (TPSA) is 91.4 Å². The fourth-order valence-electron chi connectivity index (χ4n) is 3.32. The van der Waals surface area contributed by atoms with Crippen LogP contribution in [0.3, 0.4) is 0 Å². The number of aromatic nitrogens is 1. The number of hydrogen-bond donors (Lipinski definition) is 2. The molecule has 1 aliphatic heterocycles. The Morgan fingerprint density at radius 3 is 2.29 bits per heavy atom. The minimum absolute atomic E-state index is 0.00666. The molecule has 0 spiro atoms. The maximum Gasteiger partial charge on any atom is 0.234 e. The second-order valence-electron chi connectivity index (χ2n) is 7.77. The molecule has 1 aromatic carbocycles. The van der Waals surface area contributed by atoms with Crippen molar-refractivity contribution in [2.45, 2.75) is 26.7 Å². The van der Waals surface area contributed by atoms with Crippen LogP contribution < -0.4 is 10.6 Å². The third-order valence-electron chi connectivity index (χ3n) is 5.18. The number of aryl methyl sites for hydroxylation is 2. The van der Waals surface area contributed by atoms with Crippen LogP contribution in [0.15, 0.2) is 42.6 Å². The Morgan fingerprint density at radius 2 is 1.65 bits per heavy atom. The molecule has 0 aliphatic carbocycles. The molecule has 0 radical (unpaired) electrons. The average Bonchev–Trinajstić information content (AvgIpc) is 2.77. The molecule has 2 aromatic rings. The minimum Gasteiger partial charge on any atom is -0.342 e. The SMILES string of the molecule is Cc1ccc(NC(=O)CSCC(=O)N2CCC(C(=O)Nc3ccc(C)cn3)CC2)cc1. The lowest BCUT2D eigenvalue weighted by atomic mass is 9.96. The number of piperidine rings is 1. The van der Waals surface area contributed by atoms with Gasteiger partial charge in [-0.2, -0.15) is 0 Å². The maximum absolute atomic E-state index is 12.4. The molecule has 3 rings (SSSR count). The zero-order valence-electron chi connectivity index (χ0n) is 17.9. The van der Waals surface area contributed by atoms with Gasteiger partial charge in [0, 0.05) is 30.9 Å². The van der Waals surface area contributed by atoms with Crippen LogP contribution in [0.4, 0.5) is 11.5 Å². The van der Waals surface area contributed by atoms with E-state index in [1.165, 1.54) is 11.8 Å². The van der Waals surface area contributed by atoms with Crippen LogP contribution in [0, 0.1) is 19.8 Å². The van der Waals surface area contributed by atoms with E-state index in [0.29, 0.717) is 31.7 Å². The smallest absolute Gasteiger partial charge is 0.234 e. The van der Waals surface area contributed by atoms with E-state index in [1.54, 1.807) is 17.2 Å². The zero-order valence-corrected chi connectivity index (χ0v) is 18.7. The van der Waals surface area contributed by atoms with Gasteiger partial charge < -0.3 is 15.5 Å². The molecular weight excluding hydrogens is 412 g/mol. The third-order valence-corrected chi connectivity index (χ3v) is 6.09. The lowest BCUT2D eigenvalue weighted by molar-refractivity contribution is -0.132. The Labute approximate surface area is 187 Å². The molecule has 2 heterocycles. The van der Waals surface area contributed by atoms with Crippen molar-refractivity contribution in [3.63, 3.8) is 0 Å². The summed E-state index contributed by atoms with van der Waals surface area (Å²) in [5.74, 6) is 0.738. The highest BCUT2D eigenvalue weighted by Gasteiger charge is 2.27. The van der Waals surface area contributed by atoms with Crippen LogP contribution in [-0.2, 0) is 14.4 Å². The highest BCUT2D eigenvalue weighted by Crippen LogP contribution is 2.20. The lowest BCUT2D eigenvalue weighted by Gasteiger charge is -2.31. The summed E-state index contributed by atoms with van der Waals surface area (Å²) in [6.07, 6.45) is 2.97. The van der Waals surface area contributed by atoms with Gasteiger partial charge in [-0.05, 0) is 50.5 Å². The van der Waals surface area contributed by atoms with E-state index >= 15 is 0 Å². The van der Waals surface area contributed by atoms with E-state index in [2.05, 4.69) is 15.6 Å². The number of hydrogen-bond acceptors (Lipinski definition) is 5. The first-order valence-corrected chi connectivity index (χ1v) is 11.5. The molecule has 3 amide bonds. The molecule has 2 N–H and O–H groups in total. The Hall–Kier alpha value is -2.87. The summed E-state index contributed by atoms with van der Waals surface area (Å²) in [5, 5.41) is 5.68. The Kier molecular flexibility index (Phi) is 8.06. The van der Waals surface area contributed by atoms with E-state index in [4.69, 9.17) is 0 Å². The first-order valence-electron chi connectivity index (χ1n) is 10.4. The molecule has 31 heavy (non-hydrogen) atoms. The average molecular weight is 441 g/mol. The second kappa shape index (κ2) is 10.9. The van der Waals surface area contributed by atoms with Gasteiger partial charge in [-0.3, -0.25) is 14.4 Å². The van der Waals surface area contributed by atoms with Gasteiger partial charge in [-0.15, -0.1) is 11.8 Å². The molecule has 164 valence electrons. The number of nitrogens with one attached hydrogen (secondary N) is 2. The van der Waals surface area contributed by atoms with Gasteiger partial charge in [0.25, 0.3) is 0 Å². The number of anilines is 2. The largest absolute Gasteiger partial charge is 0.342 e. The monoisotopic (exact) mass is 440 g/mol. The number of carbonyl (C=O) groups is 3. The standard InChI is InChI=1S/C23H28N4O3S/c1-16-3-6-19(7-4-16)25-21(28)14-31-15-22(29)27-11-9-18(10-12-27)23(30)26-20-8-5-17(2)13-24-20/h3-8,13,18H,9-12,14-15H2,1-2H3,(H,25,28)(H,24,26,30). The Bertz CT molecular complexity index is 907. The summed E-state index contributed by atoms with van der Waals surface area (Å²) in [5.41, 5.74) is 2.92. The van der Waals surface area contributed by atoms with Crippen LogP contribution in [0.1, 0.15) is 24.0 Å². The van der Waals surface area contributed by atoms with Crippen molar-refractivity contribution >= 4 is 41.0 Å². The summed E-state index contributed by atoms with van der Waals surface area (Å²) < 4.78 is 0. The fourth-order valence-corrected chi connectivity index (χ4v) is 4.03. The van der Waals surface area contributed by atoms with Gasteiger partial charge in [0.1, 0.15) is 5.82 Å². The van der Waals surface area contributed by atoms with Gasteiger partial charge in [0.2, 0.25) is 17.7 Å². The zero-order chi connectivity index (χ0) is 22.2. The first-order chi connectivity index (χ1) is 14.9. The van der Waals surface area contributed by atoms with Crippen LogP contribution in [0.25, 0.3) is 0 Å². The van der Waals surface area contributed by atoms with Crippen LogP contribution in [0.5, 0.6) is 0 Å². The van der Waals surface area contributed by atoms with Gasteiger partial charge in [-0.25, -0.2) is 4.98 Å². The molecule has 1 aromatic heterocycles. The number of amides is 3. The molecule has 0 unspecified atom stereocenters. The van der Waals surface area contributed by atoms with Crippen molar-refractivity contribution in [1.29, 1.82) is 0 Å². The predicted molar refractivity (Wildman–Crippen MR) is 124 cm³/mol. The number of rotatable bonds is 7. The first kappa shape index (κ1) is 22.8. The Balaban J connectivity index is 1.35. The number of likely N-dealkylation sites (tertiary alicyclic amines) is 1. The van der Waals surface area contributed by atoms with Crippen molar-refractivity contribution in [3.8, 4) is 0 Å². The van der Waals surface area contributed by atoms with E-state index in [-0.39, 0.29) is 35.1 Å². The molecule has 0 saturated carbocycles. The van der Waals surface area contributed by atoms with E-state index in [9.17, 15) is 14.4 Å². The highest BCUT2D eigenvalue weighted by molar-refractivity contribution is 8.00. The fraction of sp³-hybridized carbons (Fsp3) is 0.391. The molecule has 0 atom stereocenters. The molecule has 1 saturated heterocycles. The minimum atomic E-state index is -0.125. The highest BCUT2D eigenvalue weighted by atomic mass is 32.2. The second-order valence-corrected chi connectivity index (χ2v) is 8.76. The summed E-state index contributed by atoms with van der Waals surface area (Å²) in [7, 11) is 0. The number of nitrogens with zero attached hydrogens (tertiary/aromatic N) is 2.